The fourth-order valence-electron chi connectivity index (χ4n) is 1.89. The fraction of sp³-hybridized carbons (Fsp3) is 0.348. The first-order valence-electron chi connectivity index (χ1n) is 9.42. The van der Waals surface area contributed by atoms with Gasteiger partial charge in [0.1, 0.15) is 11.8 Å². The van der Waals surface area contributed by atoms with Crippen LogP contribution in [0.1, 0.15) is 55.4 Å². The van der Waals surface area contributed by atoms with E-state index in [0.717, 1.165) is 5.56 Å². The Morgan fingerprint density at radius 2 is 1.12 bits per heavy atom. The fourth-order valence-corrected chi connectivity index (χ4v) is 1.89. The van der Waals surface area contributed by atoms with Gasteiger partial charge in [-0.3, -0.25) is 4.79 Å². The van der Waals surface area contributed by atoms with Gasteiger partial charge in [-0.25, -0.2) is 0 Å². The monoisotopic (exact) mass is 342 g/mol. The molecule has 138 valence electrons. The number of fused-ring (bicyclic) bond motifs is 1. The minimum Gasteiger partial charge on any atom is -0.463 e. The standard InChI is InChI=1S/C15H10O2.4C2H6/c16-15-12-8-4-5-9-14(12)17-10-13(15)11-6-2-1-3-7-11;4*1-2/h1-10H;4*1-2H3. The van der Waals surface area contributed by atoms with Crippen molar-refractivity contribution in [3.8, 4) is 11.1 Å². The Morgan fingerprint density at radius 1 is 0.640 bits per heavy atom. The van der Waals surface area contributed by atoms with Crippen molar-refractivity contribution >= 4 is 11.0 Å². The molecule has 0 fully saturated rings. The van der Waals surface area contributed by atoms with E-state index in [0.29, 0.717) is 16.5 Å². The molecule has 1 aromatic heterocycles. The van der Waals surface area contributed by atoms with E-state index in [-0.39, 0.29) is 5.43 Å². The highest BCUT2D eigenvalue weighted by Crippen LogP contribution is 2.18. The second-order valence-corrected chi connectivity index (χ2v) is 3.84. The molecule has 0 aliphatic rings. The van der Waals surface area contributed by atoms with E-state index in [1.807, 2.05) is 97.9 Å². The van der Waals surface area contributed by atoms with Crippen LogP contribution in [0, 0.1) is 0 Å². The van der Waals surface area contributed by atoms with Crippen LogP contribution in [0.4, 0.5) is 0 Å². The Bertz CT molecular complexity index is 713. The summed E-state index contributed by atoms with van der Waals surface area (Å²) in [5, 5.41) is 0.619. The summed E-state index contributed by atoms with van der Waals surface area (Å²) in [6.07, 6.45) is 1.53. The van der Waals surface area contributed by atoms with Crippen LogP contribution in [0.15, 0.2) is 70.1 Å². The first-order valence-corrected chi connectivity index (χ1v) is 9.42. The van der Waals surface area contributed by atoms with Gasteiger partial charge in [0.15, 0.2) is 5.43 Å². The van der Waals surface area contributed by atoms with E-state index in [9.17, 15) is 4.79 Å². The highest BCUT2D eigenvalue weighted by atomic mass is 16.3. The maximum absolute atomic E-state index is 12.3. The topological polar surface area (TPSA) is 30.2 Å². The number of rotatable bonds is 1. The van der Waals surface area contributed by atoms with Crippen LogP contribution >= 0.6 is 0 Å². The summed E-state index contributed by atoms with van der Waals surface area (Å²) in [7, 11) is 0. The van der Waals surface area contributed by atoms with Crippen molar-refractivity contribution in [3.63, 3.8) is 0 Å². The average molecular weight is 343 g/mol. The summed E-state index contributed by atoms with van der Waals surface area (Å²) in [5.41, 5.74) is 2.12. The molecule has 0 spiro atoms. The number of hydrogen-bond donors (Lipinski definition) is 0. The van der Waals surface area contributed by atoms with E-state index < -0.39 is 0 Å². The van der Waals surface area contributed by atoms with Crippen LogP contribution in [-0.2, 0) is 0 Å². The zero-order valence-electron chi connectivity index (χ0n) is 17.1. The average Bonchev–Trinajstić information content (AvgIpc) is 2.75. The van der Waals surface area contributed by atoms with Gasteiger partial charge in [-0.2, -0.15) is 0 Å². The van der Waals surface area contributed by atoms with Gasteiger partial charge in [0, 0.05) is 0 Å². The van der Waals surface area contributed by atoms with Crippen molar-refractivity contribution in [3.05, 3.63) is 71.1 Å². The maximum atomic E-state index is 12.3. The molecule has 0 radical (unpaired) electrons. The Balaban J connectivity index is 0. The predicted octanol–water partition coefficient (Wildman–Crippen LogP) is 7.56. The van der Waals surface area contributed by atoms with Crippen LogP contribution < -0.4 is 5.43 Å². The molecule has 2 nitrogen and oxygen atoms in total. The van der Waals surface area contributed by atoms with Gasteiger partial charge < -0.3 is 4.42 Å². The first-order chi connectivity index (χ1) is 12.4. The van der Waals surface area contributed by atoms with Crippen LogP contribution in [-0.4, -0.2) is 0 Å². The minimum absolute atomic E-state index is 0.0121. The smallest absolute Gasteiger partial charge is 0.200 e. The molecule has 0 unspecified atom stereocenters. The second kappa shape index (κ2) is 16.5. The van der Waals surface area contributed by atoms with Crippen LogP contribution in [0.5, 0.6) is 0 Å². The molecule has 0 bridgehead atoms. The summed E-state index contributed by atoms with van der Waals surface area (Å²) < 4.78 is 5.48. The van der Waals surface area contributed by atoms with Crippen molar-refractivity contribution in [2.24, 2.45) is 0 Å². The normalized spacial score (nSPS) is 8.16. The summed E-state index contributed by atoms with van der Waals surface area (Å²) in [5.74, 6) is 0. The number of para-hydroxylation sites is 1. The van der Waals surface area contributed by atoms with Gasteiger partial charge in [-0.15, -0.1) is 0 Å². The molecule has 0 N–H and O–H groups in total. The zero-order valence-corrected chi connectivity index (χ0v) is 17.1. The molecule has 0 aliphatic carbocycles. The zero-order chi connectivity index (χ0) is 19.7. The van der Waals surface area contributed by atoms with E-state index in [2.05, 4.69) is 0 Å². The molecule has 0 saturated carbocycles. The lowest BCUT2D eigenvalue weighted by Gasteiger charge is -2.01. The van der Waals surface area contributed by atoms with Gasteiger partial charge in [-0.1, -0.05) is 97.9 Å². The molecule has 3 rings (SSSR count). The van der Waals surface area contributed by atoms with Crippen molar-refractivity contribution in [2.75, 3.05) is 0 Å². The lowest BCUT2D eigenvalue weighted by molar-refractivity contribution is 0.604. The summed E-state index contributed by atoms with van der Waals surface area (Å²) >= 11 is 0. The van der Waals surface area contributed by atoms with Crippen molar-refractivity contribution in [2.45, 2.75) is 55.4 Å². The summed E-state index contributed by atoms with van der Waals surface area (Å²) in [6.45, 7) is 16.0. The Labute approximate surface area is 153 Å². The molecular weight excluding hydrogens is 308 g/mol. The van der Waals surface area contributed by atoms with Crippen LogP contribution in [0.2, 0.25) is 0 Å². The SMILES string of the molecule is CC.CC.CC.CC.O=c1c(-c2ccccc2)coc2ccccc12. The number of hydrogen-bond acceptors (Lipinski definition) is 2. The molecule has 3 aromatic rings. The molecule has 25 heavy (non-hydrogen) atoms. The number of benzene rings is 2. The maximum Gasteiger partial charge on any atom is 0.200 e. The molecule has 2 heteroatoms. The van der Waals surface area contributed by atoms with Crippen molar-refractivity contribution in [1.29, 1.82) is 0 Å². The highest BCUT2D eigenvalue weighted by molar-refractivity contribution is 5.81. The Kier molecular flexibility index (Phi) is 16.4. The van der Waals surface area contributed by atoms with Gasteiger partial charge in [0.05, 0.1) is 10.9 Å². The van der Waals surface area contributed by atoms with Gasteiger partial charge in [0.2, 0.25) is 0 Å². The second-order valence-electron chi connectivity index (χ2n) is 3.84. The van der Waals surface area contributed by atoms with E-state index in [1.54, 1.807) is 12.1 Å². The van der Waals surface area contributed by atoms with Crippen LogP contribution in [0.25, 0.3) is 22.1 Å². The third kappa shape index (κ3) is 7.38. The van der Waals surface area contributed by atoms with Crippen molar-refractivity contribution in [1.82, 2.24) is 0 Å². The highest BCUT2D eigenvalue weighted by Gasteiger charge is 2.07. The molecular formula is C23H34O2. The van der Waals surface area contributed by atoms with Gasteiger partial charge in [-0.05, 0) is 17.7 Å². The van der Waals surface area contributed by atoms with Crippen LogP contribution in [0.3, 0.4) is 0 Å². The molecule has 1 heterocycles. The van der Waals surface area contributed by atoms with E-state index >= 15 is 0 Å². The molecule has 0 atom stereocenters. The third-order valence-electron chi connectivity index (χ3n) is 2.76. The molecule has 0 aliphatic heterocycles. The van der Waals surface area contributed by atoms with Crippen molar-refractivity contribution < 1.29 is 4.42 Å². The largest absolute Gasteiger partial charge is 0.463 e. The molecule has 0 amide bonds. The van der Waals surface area contributed by atoms with E-state index in [1.165, 1.54) is 6.26 Å². The van der Waals surface area contributed by atoms with E-state index in [4.69, 9.17) is 4.42 Å². The summed E-state index contributed by atoms with van der Waals surface area (Å²) in [4.78, 5) is 12.3. The molecule has 2 aromatic carbocycles. The lowest BCUT2D eigenvalue weighted by Crippen LogP contribution is -2.04. The minimum atomic E-state index is 0.0121. The quantitative estimate of drug-likeness (QED) is 0.456. The Morgan fingerprint density at radius 3 is 1.68 bits per heavy atom. The lowest BCUT2D eigenvalue weighted by atomic mass is 10.1. The first kappa shape index (κ1) is 24.9. The van der Waals surface area contributed by atoms with Gasteiger partial charge >= 0.3 is 0 Å². The van der Waals surface area contributed by atoms with Gasteiger partial charge in [0.25, 0.3) is 0 Å². The third-order valence-corrected chi connectivity index (χ3v) is 2.76. The Hall–Kier alpha value is -2.35. The summed E-state index contributed by atoms with van der Waals surface area (Å²) in [6, 6.07) is 16.8. The predicted molar refractivity (Wildman–Crippen MR) is 113 cm³/mol. The molecule has 0 saturated heterocycles.